The van der Waals surface area contributed by atoms with Crippen molar-refractivity contribution in [2.45, 2.75) is 6.61 Å². The number of benzene rings is 4. The number of carbonyl (C=O) groups excluding carboxylic acids is 1. The molecule has 4 aromatic carbocycles. The van der Waals surface area contributed by atoms with Gasteiger partial charge in [-0.3, -0.25) is 0 Å². The molecule has 29 heavy (non-hydrogen) atoms. The summed E-state index contributed by atoms with van der Waals surface area (Å²) < 4.78 is 5.41. The molecule has 0 bridgehead atoms. The molecule has 0 amide bonds. The Morgan fingerprint density at radius 3 is 2.07 bits per heavy atom. The van der Waals surface area contributed by atoms with Crippen LogP contribution in [0.4, 0.5) is 0 Å². The topological polar surface area (TPSA) is 104 Å². The molecule has 0 radical (unpaired) electrons. The number of aliphatic hydroxyl groups excluding tert-OH is 1. The lowest BCUT2D eigenvalue weighted by Gasteiger charge is -2.15. The zero-order valence-electron chi connectivity index (χ0n) is 15.1. The number of hydrogen-bond donors (Lipinski definition) is 3. The Kier molecular flexibility index (Phi) is 4.62. The molecule has 0 aromatic heterocycles. The van der Waals surface area contributed by atoms with E-state index in [0.29, 0.717) is 10.8 Å². The summed E-state index contributed by atoms with van der Waals surface area (Å²) in [5.41, 5.74) is -0.160. The highest BCUT2D eigenvalue weighted by atomic mass is 16.5. The molecule has 0 saturated carbocycles. The van der Waals surface area contributed by atoms with Gasteiger partial charge in [-0.1, -0.05) is 48.5 Å². The second kappa shape index (κ2) is 7.26. The van der Waals surface area contributed by atoms with Crippen LogP contribution in [0.5, 0.6) is 11.5 Å². The molecule has 0 heterocycles. The van der Waals surface area contributed by atoms with E-state index in [0.717, 1.165) is 10.8 Å². The minimum Gasteiger partial charge on any atom is -0.507 e. The van der Waals surface area contributed by atoms with Crippen LogP contribution in [0.1, 0.15) is 26.3 Å². The Bertz CT molecular complexity index is 1280. The molecule has 0 saturated heterocycles. The van der Waals surface area contributed by atoms with Crippen LogP contribution in [0.3, 0.4) is 0 Å². The summed E-state index contributed by atoms with van der Waals surface area (Å²) >= 11 is 0. The molecule has 0 unspecified atom stereocenters. The summed E-state index contributed by atoms with van der Waals surface area (Å²) in [4.78, 5) is 24.6. The standard InChI is InChI=1S/C23H16O6/c24-12-19-16-8-4-3-7-15(16)10-18(22(26)27)21(19)29-23(28)17-9-13-5-1-2-6-14(13)11-20(17)25/h1-11,24-25H,12H2,(H,26,27). The van der Waals surface area contributed by atoms with Gasteiger partial charge in [0, 0.05) is 5.56 Å². The molecule has 0 aliphatic heterocycles. The molecule has 6 nitrogen and oxygen atoms in total. The lowest BCUT2D eigenvalue weighted by molar-refractivity contribution is 0.0679. The minimum atomic E-state index is -1.30. The van der Waals surface area contributed by atoms with Gasteiger partial charge in [-0.2, -0.15) is 0 Å². The van der Waals surface area contributed by atoms with Crippen molar-refractivity contribution < 1.29 is 29.6 Å². The number of aromatic carboxylic acids is 1. The second-order valence-corrected chi connectivity index (χ2v) is 6.52. The summed E-state index contributed by atoms with van der Waals surface area (Å²) in [5, 5.41) is 32.4. The normalized spacial score (nSPS) is 10.9. The fourth-order valence-corrected chi connectivity index (χ4v) is 3.38. The first-order valence-electron chi connectivity index (χ1n) is 8.82. The number of rotatable bonds is 4. The first kappa shape index (κ1) is 18.5. The fraction of sp³-hybridized carbons (Fsp3) is 0.0435. The van der Waals surface area contributed by atoms with Crippen LogP contribution in [0.25, 0.3) is 21.5 Å². The van der Waals surface area contributed by atoms with E-state index in [9.17, 15) is 24.9 Å². The molecule has 3 N–H and O–H groups in total. The van der Waals surface area contributed by atoms with Gasteiger partial charge >= 0.3 is 11.9 Å². The summed E-state index contributed by atoms with van der Waals surface area (Å²) in [7, 11) is 0. The molecule has 0 spiro atoms. The number of aromatic hydroxyl groups is 1. The van der Waals surface area contributed by atoms with Gasteiger partial charge in [-0.25, -0.2) is 9.59 Å². The maximum absolute atomic E-state index is 12.8. The summed E-state index contributed by atoms with van der Waals surface area (Å²) in [5.74, 6) is -2.73. The smallest absolute Gasteiger partial charge is 0.347 e. The van der Waals surface area contributed by atoms with Crippen LogP contribution < -0.4 is 4.74 Å². The van der Waals surface area contributed by atoms with E-state index in [2.05, 4.69) is 0 Å². The number of ether oxygens (including phenoxy) is 1. The Balaban J connectivity index is 1.85. The van der Waals surface area contributed by atoms with Crippen molar-refractivity contribution in [3.05, 3.63) is 83.4 Å². The largest absolute Gasteiger partial charge is 0.507 e. The number of carboxylic acid groups (broad SMARTS) is 1. The Morgan fingerprint density at radius 2 is 1.41 bits per heavy atom. The van der Waals surface area contributed by atoms with Gasteiger partial charge in [-0.15, -0.1) is 0 Å². The molecule has 0 fully saturated rings. The third kappa shape index (κ3) is 3.26. The van der Waals surface area contributed by atoms with E-state index < -0.39 is 18.5 Å². The van der Waals surface area contributed by atoms with E-state index in [1.165, 1.54) is 18.2 Å². The minimum absolute atomic E-state index is 0.0999. The van der Waals surface area contributed by atoms with Crippen LogP contribution in [0.15, 0.2) is 66.7 Å². The Hall–Kier alpha value is -3.90. The van der Waals surface area contributed by atoms with Crippen LogP contribution in [-0.4, -0.2) is 27.3 Å². The quantitative estimate of drug-likeness (QED) is 0.359. The fourth-order valence-electron chi connectivity index (χ4n) is 3.38. The maximum Gasteiger partial charge on any atom is 0.347 e. The number of esters is 1. The zero-order chi connectivity index (χ0) is 20.5. The molecule has 4 rings (SSSR count). The average molecular weight is 388 g/mol. The summed E-state index contributed by atoms with van der Waals surface area (Å²) in [6.07, 6.45) is 0. The van der Waals surface area contributed by atoms with Crippen molar-refractivity contribution in [1.82, 2.24) is 0 Å². The lowest BCUT2D eigenvalue weighted by atomic mass is 9.99. The van der Waals surface area contributed by atoms with Crippen molar-refractivity contribution in [1.29, 1.82) is 0 Å². The third-order valence-corrected chi connectivity index (χ3v) is 4.77. The number of fused-ring (bicyclic) bond motifs is 2. The molecular weight excluding hydrogens is 372 g/mol. The van der Waals surface area contributed by atoms with Crippen LogP contribution in [0.2, 0.25) is 0 Å². The first-order chi connectivity index (χ1) is 14.0. The number of carboxylic acids is 1. The monoisotopic (exact) mass is 388 g/mol. The number of hydrogen-bond acceptors (Lipinski definition) is 5. The highest BCUT2D eigenvalue weighted by Gasteiger charge is 2.23. The number of aliphatic hydroxyl groups is 1. The van der Waals surface area contributed by atoms with E-state index in [4.69, 9.17) is 4.74 Å². The van der Waals surface area contributed by atoms with E-state index in [-0.39, 0.29) is 28.2 Å². The van der Waals surface area contributed by atoms with Gasteiger partial charge in [0.05, 0.1) is 6.61 Å². The molecule has 0 aliphatic rings. The summed E-state index contributed by atoms with van der Waals surface area (Å²) in [6, 6.07) is 18.4. The highest BCUT2D eigenvalue weighted by Crippen LogP contribution is 2.34. The zero-order valence-corrected chi connectivity index (χ0v) is 15.1. The lowest BCUT2D eigenvalue weighted by Crippen LogP contribution is -2.14. The maximum atomic E-state index is 12.8. The number of phenols is 1. The molecule has 0 aliphatic carbocycles. The summed E-state index contributed by atoms with van der Waals surface area (Å²) in [6.45, 7) is -0.520. The molecular formula is C23H16O6. The van der Waals surface area contributed by atoms with Crippen LogP contribution >= 0.6 is 0 Å². The number of phenolic OH excluding ortho intramolecular Hbond substituents is 1. The molecule has 6 heteroatoms. The SMILES string of the molecule is O=C(Oc1c(C(=O)O)cc2ccccc2c1CO)c1cc2ccccc2cc1O. The van der Waals surface area contributed by atoms with Gasteiger partial charge in [0.25, 0.3) is 0 Å². The molecule has 0 atom stereocenters. The van der Waals surface area contributed by atoms with Gasteiger partial charge in [-0.05, 0) is 39.7 Å². The Labute approximate surface area is 165 Å². The van der Waals surface area contributed by atoms with Crippen LogP contribution in [0, 0.1) is 0 Å². The Morgan fingerprint density at radius 1 is 0.828 bits per heavy atom. The van der Waals surface area contributed by atoms with E-state index >= 15 is 0 Å². The van der Waals surface area contributed by atoms with Gasteiger partial charge in [0.1, 0.15) is 16.9 Å². The van der Waals surface area contributed by atoms with Crippen LogP contribution in [-0.2, 0) is 6.61 Å². The molecule has 144 valence electrons. The first-order valence-corrected chi connectivity index (χ1v) is 8.82. The van der Waals surface area contributed by atoms with Crippen molar-refractivity contribution in [3.8, 4) is 11.5 Å². The predicted molar refractivity (Wildman–Crippen MR) is 107 cm³/mol. The third-order valence-electron chi connectivity index (χ3n) is 4.77. The van der Waals surface area contributed by atoms with E-state index in [1.807, 2.05) is 6.07 Å². The average Bonchev–Trinajstić information content (AvgIpc) is 2.72. The highest BCUT2D eigenvalue weighted by molar-refractivity contribution is 6.03. The second-order valence-electron chi connectivity index (χ2n) is 6.52. The number of carbonyl (C=O) groups is 2. The van der Waals surface area contributed by atoms with Gasteiger partial charge in [0.2, 0.25) is 0 Å². The van der Waals surface area contributed by atoms with Crippen molar-refractivity contribution in [2.75, 3.05) is 0 Å². The predicted octanol–water partition coefficient (Wildman–Crippen LogP) is 4.11. The van der Waals surface area contributed by atoms with E-state index in [1.54, 1.807) is 42.5 Å². The van der Waals surface area contributed by atoms with Gasteiger partial charge < -0.3 is 20.1 Å². The van der Waals surface area contributed by atoms with Crippen molar-refractivity contribution in [2.24, 2.45) is 0 Å². The van der Waals surface area contributed by atoms with Crippen molar-refractivity contribution >= 4 is 33.5 Å². The van der Waals surface area contributed by atoms with Crippen molar-refractivity contribution in [3.63, 3.8) is 0 Å². The van der Waals surface area contributed by atoms with Gasteiger partial charge in [0.15, 0.2) is 5.75 Å². The molecule has 4 aromatic rings.